The van der Waals surface area contributed by atoms with E-state index >= 15 is 0 Å². The highest BCUT2D eigenvalue weighted by molar-refractivity contribution is 4.81. The van der Waals surface area contributed by atoms with Crippen LogP contribution in [0.25, 0.3) is 0 Å². The van der Waals surface area contributed by atoms with Gasteiger partial charge in [-0.05, 0) is 25.3 Å². The van der Waals surface area contributed by atoms with Gasteiger partial charge in [-0.15, -0.1) is 0 Å². The Morgan fingerprint density at radius 1 is 1.67 bits per heavy atom. The second kappa shape index (κ2) is 3.18. The monoisotopic (exact) mass is 129 g/mol. The molecule has 0 radical (unpaired) electrons. The molecular formula is C7H15NO. The predicted molar refractivity (Wildman–Crippen MR) is 37.3 cm³/mol. The number of likely N-dealkylation sites (N-methyl/N-ethyl adjacent to an activating group) is 1. The molecule has 0 amide bonds. The second-order valence-corrected chi connectivity index (χ2v) is 2.71. The summed E-state index contributed by atoms with van der Waals surface area (Å²) in [5, 5.41) is 12.4. The molecule has 0 aromatic heterocycles. The van der Waals surface area contributed by atoms with Crippen LogP contribution in [0.1, 0.15) is 19.8 Å². The zero-order chi connectivity index (χ0) is 6.69. The first kappa shape index (κ1) is 7.03. The van der Waals surface area contributed by atoms with Crippen molar-refractivity contribution in [2.45, 2.75) is 25.9 Å². The van der Waals surface area contributed by atoms with Gasteiger partial charge in [0.2, 0.25) is 0 Å². The molecule has 2 N–H and O–H groups in total. The number of aliphatic hydroxyl groups is 1. The summed E-state index contributed by atoms with van der Waals surface area (Å²) in [4.78, 5) is 0. The minimum absolute atomic E-state index is 0.0788. The first-order valence-corrected chi connectivity index (χ1v) is 3.73. The van der Waals surface area contributed by atoms with Crippen LogP contribution in [0.5, 0.6) is 0 Å². The van der Waals surface area contributed by atoms with E-state index < -0.39 is 0 Å². The van der Waals surface area contributed by atoms with Crippen LogP contribution in [-0.4, -0.2) is 24.3 Å². The molecule has 0 aliphatic heterocycles. The van der Waals surface area contributed by atoms with E-state index in [1.165, 1.54) is 12.8 Å². The fraction of sp³-hybridized carbons (Fsp3) is 1.00. The zero-order valence-corrected chi connectivity index (χ0v) is 5.93. The van der Waals surface area contributed by atoms with Gasteiger partial charge in [0.25, 0.3) is 0 Å². The van der Waals surface area contributed by atoms with Gasteiger partial charge in [-0.1, -0.05) is 6.92 Å². The highest BCUT2D eigenvalue weighted by atomic mass is 16.3. The van der Waals surface area contributed by atoms with Gasteiger partial charge in [-0.3, -0.25) is 0 Å². The molecule has 0 bridgehead atoms. The van der Waals surface area contributed by atoms with Gasteiger partial charge in [0, 0.05) is 6.54 Å². The Kier molecular flexibility index (Phi) is 2.49. The summed E-state index contributed by atoms with van der Waals surface area (Å²) >= 11 is 0. The lowest BCUT2D eigenvalue weighted by Crippen LogP contribution is -2.27. The maximum atomic E-state index is 9.26. The molecule has 2 nitrogen and oxygen atoms in total. The van der Waals surface area contributed by atoms with Gasteiger partial charge in [0.15, 0.2) is 0 Å². The van der Waals surface area contributed by atoms with Crippen molar-refractivity contribution in [3.8, 4) is 0 Å². The third-order valence-corrected chi connectivity index (χ3v) is 1.77. The van der Waals surface area contributed by atoms with Crippen LogP contribution in [0.4, 0.5) is 0 Å². The standard InChI is InChI=1S/C7H15NO/c1-2-8-5-7(9)6-3-4-6/h6-9H,2-5H2,1H3. The van der Waals surface area contributed by atoms with Crippen molar-refractivity contribution in [1.29, 1.82) is 0 Å². The lowest BCUT2D eigenvalue weighted by molar-refractivity contribution is 0.149. The second-order valence-electron chi connectivity index (χ2n) is 2.71. The van der Waals surface area contributed by atoms with Gasteiger partial charge in [-0.2, -0.15) is 0 Å². The van der Waals surface area contributed by atoms with Crippen LogP contribution in [0.3, 0.4) is 0 Å². The van der Waals surface area contributed by atoms with E-state index in [1.54, 1.807) is 0 Å². The van der Waals surface area contributed by atoms with Crippen LogP contribution >= 0.6 is 0 Å². The lowest BCUT2D eigenvalue weighted by Gasteiger charge is -2.07. The highest BCUT2D eigenvalue weighted by Crippen LogP contribution is 2.31. The molecule has 1 saturated carbocycles. The summed E-state index contributed by atoms with van der Waals surface area (Å²) in [5.74, 6) is 0.615. The SMILES string of the molecule is CCNCC(O)C1CC1. The molecular weight excluding hydrogens is 114 g/mol. The van der Waals surface area contributed by atoms with E-state index in [0.717, 1.165) is 13.1 Å². The smallest absolute Gasteiger partial charge is 0.0692 e. The molecule has 1 unspecified atom stereocenters. The maximum absolute atomic E-state index is 9.26. The number of aliphatic hydroxyl groups excluding tert-OH is 1. The molecule has 0 spiro atoms. The topological polar surface area (TPSA) is 32.3 Å². The number of rotatable bonds is 4. The Morgan fingerprint density at radius 3 is 2.78 bits per heavy atom. The molecule has 0 saturated heterocycles. The molecule has 9 heavy (non-hydrogen) atoms. The molecule has 0 heterocycles. The van der Waals surface area contributed by atoms with E-state index in [0.29, 0.717) is 5.92 Å². The fourth-order valence-corrected chi connectivity index (χ4v) is 0.940. The first-order valence-electron chi connectivity index (χ1n) is 3.73. The van der Waals surface area contributed by atoms with E-state index in [9.17, 15) is 5.11 Å². The van der Waals surface area contributed by atoms with Crippen LogP contribution in [0.2, 0.25) is 0 Å². The highest BCUT2D eigenvalue weighted by Gasteiger charge is 2.28. The van der Waals surface area contributed by atoms with Crippen LogP contribution in [-0.2, 0) is 0 Å². The third-order valence-electron chi connectivity index (χ3n) is 1.77. The van der Waals surface area contributed by atoms with Gasteiger partial charge < -0.3 is 10.4 Å². The average Bonchev–Trinajstić information content (AvgIpc) is 2.63. The van der Waals surface area contributed by atoms with Crippen molar-refractivity contribution in [3.05, 3.63) is 0 Å². The summed E-state index contributed by atoms with van der Waals surface area (Å²) in [7, 11) is 0. The third kappa shape index (κ3) is 2.33. The van der Waals surface area contributed by atoms with Crippen molar-refractivity contribution >= 4 is 0 Å². The molecule has 2 heteroatoms. The lowest BCUT2D eigenvalue weighted by atomic mass is 10.2. The van der Waals surface area contributed by atoms with Gasteiger partial charge in [0.1, 0.15) is 0 Å². The van der Waals surface area contributed by atoms with Gasteiger partial charge >= 0.3 is 0 Å². The quantitative estimate of drug-likeness (QED) is 0.574. The van der Waals surface area contributed by atoms with Crippen molar-refractivity contribution in [1.82, 2.24) is 5.32 Å². The maximum Gasteiger partial charge on any atom is 0.0692 e. The van der Waals surface area contributed by atoms with Crippen molar-refractivity contribution in [3.63, 3.8) is 0 Å². The van der Waals surface area contributed by atoms with Crippen molar-refractivity contribution in [2.75, 3.05) is 13.1 Å². The number of nitrogens with one attached hydrogen (secondary N) is 1. The van der Waals surface area contributed by atoms with Crippen LogP contribution in [0.15, 0.2) is 0 Å². The largest absolute Gasteiger partial charge is 0.392 e. The molecule has 1 fully saturated rings. The number of hydrogen-bond acceptors (Lipinski definition) is 2. The van der Waals surface area contributed by atoms with Crippen LogP contribution in [0, 0.1) is 5.92 Å². The molecule has 0 aromatic rings. The Labute approximate surface area is 56.3 Å². The Bertz CT molecular complexity index is 81.0. The molecule has 54 valence electrons. The van der Waals surface area contributed by atoms with Gasteiger partial charge in [-0.25, -0.2) is 0 Å². The van der Waals surface area contributed by atoms with Crippen molar-refractivity contribution in [2.24, 2.45) is 5.92 Å². The Morgan fingerprint density at radius 2 is 2.33 bits per heavy atom. The average molecular weight is 129 g/mol. The first-order chi connectivity index (χ1) is 4.34. The van der Waals surface area contributed by atoms with E-state index in [-0.39, 0.29) is 6.10 Å². The van der Waals surface area contributed by atoms with Crippen molar-refractivity contribution < 1.29 is 5.11 Å². The molecule has 0 aromatic carbocycles. The van der Waals surface area contributed by atoms with Crippen LogP contribution < -0.4 is 5.32 Å². The minimum atomic E-state index is -0.0788. The zero-order valence-electron chi connectivity index (χ0n) is 5.93. The van der Waals surface area contributed by atoms with Gasteiger partial charge in [0.05, 0.1) is 6.10 Å². The fourth-order valence-electron chi connectivity index (χ4n) is 0.940. The van der Waals surface area contributed by atoms with E-state index in [1.807, 2.05) is 0 Å². The summed E-state index contributed by atoms with van der Waals surface area (Å²) in [6, 6.07) is 0. The minimum Gasteiger partial charge on any atom is -0.392 e. The summed E-state index contributed by atoms with van der Waals surface area (Å²) in [5.41, 5.74) is 0. The molecule has 1 aliphatic rings. The van der Waals surface area contributed by atoms with E-state index in [4.69, 9.17) is 0 Å². The van der Waals surface area contributed by atoms with E-state index in [2.05, 4.69) is 12.2 Å². The predicted octanol–water partition coefficient (Wildman–Crippen LogP) is 0.367. The normalized spacial score (nSPS) is 22.0. The molecule has 1 aliphatic carbocycles. The molecule has 1 rings (SSSR count). The Balaban J connectivity index is 1.96. The summed E-state index contributed by atoms with van der Waals surface area (Å²) in [6.45, 7) is 3.80. The Hall–Kier alpha value is -0.0800. The number of hydrogen-bond donors (Lipinski definition) is 2. The summed E-state index contributed by atoms with van der Waals surface area (Å²) in [6.07, 6.45) is 2.38. The molecule has 1 atom stereocenters. The summed E-state index contributed by atoms with van der Waals surface area (Å²) < 4.78 is 0.